The van der Waals surface area contributed by atoms with Gasteiger partial charge in [-0.25, -0.2) is 0 Å². The molecule has 3 aromatic rings. The van der Waals surface area contributed by atoms with Gasteiger partial charge in [-0.05, 0) is 26.3 Å². The molecule has 174 valence electrons. The first kappa shape index (κ1) is 22.7. The van der Waals surface area contributed by atoms with Crippen LogP contribution < -0.4 is 5.32 Å². The Balaban J connectivity index is 1.25. The third-order valence-electron chi connectivity index (χ3n) is 6.03. The number of nitrogens with zero attached hydrogens (tertiary/aromatic N) is 5. The smallest absolute Gasteiger partial charge is 0.292 e. The highest BCUT2D eigenvalue weighted by Gasteiger charge is 2.25. The standard InChI is InChI=1S/C24H30N6O3/c1-17-13-22(33-27-17)24(32)29-11-9-28(10-12-29)16-23(31)25-14-21-18(2)26-30(19(21)3)15-20-7-5-4-6-8-20/h4-8,13H,9-12,14-16H2,1-3H3,(H,25,31). The molecular weight excluding hydrogens is 420 g/mol. The Morgan fingerprint density at radius 1 is 1.06 bits per heavy atom. The van der Waals surface area contributed by atoms with Crippen molar-refractivity contribution >= 4 is 11.8 Å². The predicted octanol–water partition coefficient (Wildman–Crippen LogP) is 1.92. The number of piperazine rings is 1. The van der Waals surface area contributed by atoms with Crippen molar-refractivity contribution in [1.82, 2.24) is 30.1 Å². The quantitative estimate of drug-likeness (QED) is 0.591. The minimum atomic E-state index is -0.154. The number of aryl methyl sites for hydroxylation is 2. The lowest BCUT2D eigenvalue weighted by molar-refractivity contribution is -0.122. The molecule has 4 rings (SSSR count). The van der Waals surface area contributed by atoms with Gasteiger partial charge in [-0.15, -0.1) is 0 Å². The van der Waals surface area contributed by atoms with Crippen LogP contribution in [0.25, 0.3) is 0 Å². The topological polar surface area (TPSA) is 96.5 Å². The van der Waals surface area contributed by atoms with Crippen molar-refractivity contribution in [1.29, 1.82) is 0 Å². The van der Waals surface area contributed by atoms with E-state index in [9.17, 15) is 9.59 Å². The Kier molecular flexibility index (Phi) is 6.88. The van der Waals surface area contributed by atoms with Crippen molar-refractivity contribution in [2.75, 3.05) is 32.7 Å². The van der Waals surface area contributed by atoms with Gasteiger partial charge in [0, 0.05) is 50.0 Å². The first-order valence-electron chi connectivity index (χ1n) is 11.2. The maximum absolute atomic E-state index is 12.6. The van der Waals surface area contributed by atoms with E-state index in [1.807, 2.05) is 36.7 Å². The number of carbonyl (C=O) groups excluding carboxylic acids is 2. The molecule has 1 N–H and O–H groups in total. The second kappa shape index (κ2) is 9.99. The molecule has 2 amide bonds. The molecule has 0 spiro atoms. The van der Waals surface area contributed by atoms with Crippen LogP contribution in [0.15, 0.2) is 40.9 Å². The molecule has 1 aliphatic rings. The Morgan fingerprint density at radius 2 is 1.79 bits per heavy atom. The normalized spacial score (nSPS) is 14.5. The van der Waals surface area contributed by atoms with Crippen molar-refractivity contribution in [3.05, 3.63) is 70.4 Å². The van der Waals surface area contributed by atoms with E-state index in [0.29, 0.717) is 51.5 Å². The minimum absolute atomic E-state index is 0.0322. The van der Waals surface area contributed by atoms with Gasteiger partial charge >= 0.3 is 0 Å². The largest absolute Gasteiger partial charge is 0.351 e. The van der Waals surface area contributed by atoms with Crippen molar-refractivity contribution in [3.8, 4) is 0 Å². The molecule has 2 aromatic heterocycles. The summed E-state index contributed by atoms with van der Waals surface area (Å²) in [5.41, 5.74) is 4.92. The molecule has 0 saturated carbocycles. The number of hydrogen-bond acceptors (Lipinski definition) is 6. The van der Waals surface area contributed by atoms with Gasteiger partial charge in [0.1, 0.15) is 0 Å². The number of nitrogens with one attached hydrogen (secondary N) is 1. The van der Waals surface area contributed by atoms with Crippen molar-refractivity contribution < 1.29 is 14.1 Å². The molecule has 1 aromatic carbocycles. The number of carbonyl (C=O) groups is 2. The Hall–Kier alpha value is -3.46. The third kappa shape index (κ3) is 5.48. The molecule has 0 atom stereocenters. The van der Waals surface area contributed by atoms with Crippen LogP contribution >= 0.6 is 0 Å². The van der Waals surface area contributed by atoms with Crippen LogP contribution in [-0.4, -0.2) is 69.3 Å². The molecule has 9 heteroatoms. The second-order valence-electron chi connectivity index (χ2n) is 8.47. The summed E-state index contributed by atoms with van der Waals surface area (Å²) in [6.45, 7) is 9.64. The molecule has 3 heterocycles. The SMILES string of the molecule is Cc1cc(C(=O)N2CCN(CC(=O)NCc3c(C)nn(Cc4ccccc4)c3C)CC2)on1. The highest BCUT2D eigenvalue weighted by Crippen LogP contribution is 2.15. The Bertz CT molecular complexity index is 1110. The van der Waals surface area contributed by atoms with Crippen LogP contribution in [0, 0.1) is 20.8 Å². The van der Waals surface area contributed by atoms with Crippen LogP contribution in [0.4, 0.5) is 0 Å². The van der Waals surface area contributed by atoms with Gasteiger partial charge in [0.2, 0.25) is 11.7 Å². The van der Waals surface area contributed by atoms with Gasteiger partial charge in [-0.1, -0.05) is 35.5 Å². The molecular formula is C24H30N6O3. The highest BCUT2D eigenvalue weighted by molar-refractivity contribution is 5.91. The van der Waals surface area contributed by atoms with E-state index < -0.39 is 0 Å². The zero-order valence-electron chi connectivity index (χ0n) is 19.4. The summed E-state index contributed by atoms with van der Waals surface area (Å²) in [4.78, 5) is 28.8. The zero-order valence-corrected chi connectivity index (χ0v) is 19.4. The fourth-order valence-corrected chi connectivity index (χ4v) is 4.08. The summed E-state index contributed by atoms with van der Waals surface area (Å²) in [7, 11) is 0. The van der Waals surface area contributed by atoms with E-state index in [0.717, 1.165) is 17.0 Å². The van der Waals surface area contributed by atoms with E-state index in [-0.39, 0.29) is 17.6 Å². The van der Waals surface area contributed by atoms with Gasteiger partial charge in [-0.3, -0.25) is 19.2 Å². The third-order valence-corrected chi connectivity index (χ3v) is 6.03. The molecule has 1 aliphatic heterocycles. The molecule has 1 fully saturated rings. The van der Waals surface area contributed by atoms with E-state index in [1.165, 1.54) is 5.56 Å². The van der Waals surface area contributed by atoms with Crippen LogP contribution in [-0.2, 0) is 17.9 Å². The summed E-state index contributed by atoms with van der Waals surface area (Å²) in [5, 5.41) is 11.5. The first-order valence-corrected chi connectivity index (χ1v) is 11.2. The number of rotatable bonds is 7. The fourth-order valence-electron chi connectivity index (χ4n) is 4.08. The lowest BCUT2D eigenvalue weighted by Gasteiger charge is -2.33. The summed E-state index contributed by atoms with van der Waals surface area (Å²) >= 11 is 0. The Morgan fingerprint density at radius 3 is 2.45 bits per heavy atom. The summed E-state index contributed by atoms with van der Waals surface area (Å²) in [6.07, 6.45) is 0. The highest BCUT2D eigenvalue weighted by atomic mass is 16.5. The van der Waals surface area contributed by atoms with Crippen molar-refractivity contribution in [3.63, 3.8) is 0 Å². The number of amides is 2. The average Bonchev–Trinajstić information content (AvgIpc) is 3.36. The van der Waals surface area contributed by atoms with Crippen molar-refractivity contribution in [2.45, 2.75) is 33.9 Å². The van der Waals surface area contributed by atoms with E-state index >= 15 is 0 Å². The van der Waals surface area contributed by atoms with Crippen LogP contribution in [0.1, 0.15) is 38.8 Å². The summed E-state index contributed by atoms with van der Waals surface area (Å²) in [5.74, 6) is 0.0747. The molecule has 0 bridgehead atoms. The molecule has 9 nitrogen and oxygen atoms in total. The van der Waals surface area contributed by atoms with Crippen LogP contribution in [0.5, 0.6) is 0 Å². The first-order chi connectivity index (χ1) is 15.9. The predicted molar refractivity (Wildman–Crippen MR) is 123 cm³/mol. The van der Waals surface area contributed by atoms with E-state index in [4.69, 9.17) is 4.52 Å². The van der Waals surface area contributed by atoms with Crippen LogP contribution in [0.2, 0.25) is 0 Å². The maximum atomic E-state index is 12.6. The fraction of sp³-hybridized carbons (Fsp3) is 0.417. The monoisotopic (exact) mass is 450 g/mol. The molecule has 0 aliphatic carbocycles. The Labute approximate surface area is 193 Å². The molecule has 33 heavy (non-hydrogen) atoms. The van der Waals surface area contributed by atoms with Crippen molar-refractivity contribution in [2.24, 2.45) is 0 Å². The number of hydrogen-bond donors (Lipinski definition) is 1. The minimum Gasteiger partial charge on any atom is -0.351 e. The number of aromatic nitrogens is 3. The molecule has 1 saturated heterocycles. The van der Waals surface area contributed by atoms with E-state index in [1.54, 1.807) is 17.9 Å². The van der Waals surface area contributed by atoms with E-state index in [2.05, 4.69) is 32.6 Å². The lowest BCUT2D eigenvalue weighted by atomic mass is 10.2. The molecule has 0 unspecified atom stereocenters. The zero-order chi connectivity index (χ0) is 23.4. The number of benzene rings is 1. The van der Waals surface area contributed by atoms with Gasteiger partial charge in [0.25, 0.3) is 5.91 Å². The average molecular weight is 451 g/mol. The maximum Gasteiger partial charge on any atom is 0.292 e. The van der Waals surface area contributed by atoms with Gasteiger partial charge in [0.15, 0.2) is 0 Å². The summed E-state index contributed by atoms with van der Waals surface area (Å²) < 4.78 is 7.06. The van der Waals surface area contributed by atoms with Crippen LogP contribution in [0.3, 0.4) is 0 Å². The van der Waals surface area contributed by atoms with Gasteiger partial charge in [0.05, 0.1) is 24.5 Å². The van der Waals surface area contributed by atoms with Gasteiger partial charge in [-0.2, -0.15) is 5.10 Å². The second-order valence-corrected chi connectivity index (χ2v) is 8.47. The molecule has 0 radical (unpaired) electrons. The lowest BCUT2D eigenvalue weighted by Crippen LogP contribution is -2.51. The van der Waals surface area contributed by atoms with Gasteiger partial charge < -0.3 is 14.7 Å². The summed E-state index contributed by atoms with van der Waals surface area (Å²) in [6, 6.07) is 11.9.